The van der Waals surface area contributed by atoms with Crippen LogP contribution in [0.1, 0.15) is 46.7 Å². The molecule has 2 N–H and O–H groups in total. The van der Waals surface area contributed by atoms with Crippen molar-refractivity contribution in [2.45, 2.75) is 47.8 Å². The average Bonchev–Trinajstić information content (AvgIpc) is 3.34. The zero-order chi connectivity index (χ0) is 41.1. The van der Waals surface area contributed by atoms with Crippen LogP contribution in [0.25, 0.3) is 26.9 Å². The maximum atomic E-state index is 15.4. The van der Waals surface area contributed by atoms with Gasteiger partial charge in [0.2, 0.25) is 15.9 Å². The molecule has 4 heterocycles. The first kappa shape index (κ1) is 39.1. The number of carbonyl (C=O) groups is 1. The summed E-state index contributed by atoms with van der Waals surface area (Å²) in [5.74, 6) is -9.87. The van der Waals surface area contributed by atoms with Crippen LogP contribution in [0.15, 0.2) is 39.5 Å². The van der Waals surface area contributed by atoms with Crippen molar-refractivity contribution in [2.24, 2.45) is 13.0 Å². The van der Waals surface area contributed by atoms with Crippen LogP contribution in [0.2, 0.25) is 5.02 Å². The molecule has 24 heteroatoms. The minimum Gasteiger partial charge on any atom is -0.344 e. The Morgan fingerprint density at radius 1 is 1.14 bits per heavy atom. The summed E-state index contributed by atoms with van der Waals surface area (Å²) in [4.78, 5) is 37.5. The molecule has 1 amide bonds. The fourth-order valence-corrected chi connectivity index (χ4v) is 9.52. The summed E-state index contributed by atoms with van der Waals surface area (Å²) in [5.41, 5.74) is -4.09. The van der Waals surface area contributed by atoms with E-state index in [0.29, 0.717) is 15.1 Å². The molecular formula is C33H25ClF7N9O4S3. The van der Waals surface area contributed by atoms with Gasteiger partial charge in [-0.2, -0.15) is 32.1 Å². The molecule has 13 nitrogen and oxygen atoms in total. The molecule has 0 aliphatic heterocycles. The molecule has 2 aromatic carbocycles. The number of thiazole rings is 1. The van der Waals surface area contributed by atoms with Gasteiger partial charge in [-0.15, -0.1) is 11.3 Å². The summed E-state index contributed by atoms with van der Waals surface area (Å²) in [6.07, 6.45) is -3.21. The van der Waals surface area contributed by atoms with Crippen LogP contribution in [0, 0.1) is 17.6 Å². The van der Waals surface area contributed by atoms with Crippen LogP contribution < -0.4 is 15.6 Å². The number of alkyl halides is 5. The Kier molecular flexibility index (Phi) is 9.20. The van der Waals surface area contributed by atoms with Crippen LogP contribution >= 0.6 is 34.7 Å². The highest BCUT2D eigenvalue weighted by Crippen LogP contribution is 2.68. The molecular weight excluding hydrogens is 851 g/mol. The Morgan fingerprint density at radius 2 is 1.84 bits per heavy atom. The lowest BCUT2D eigenvalue weighted by molar-refractivity contribution is -0.142. The third kappa shape index (κ3) is 6.80. The summed E-state index contributed by atoms with van der Waals surface area (Å²) in [5, 5.41) is 10.3. The zero-order valence-electron chi connectivity index (χ0n) is 29.3. The van der Waals surface area contributed by atoms with Crippen LogP contribution in [-0.4, -0.2) is 60.9 Å². The summed E-state index contributed by atoms with van der Waals surface area (Å²) in [7, 11) is -2.48. The molecule has 3 atom stereocenters. The van der Waals surface area contributed by atoms with E-state index in [0.717, 1.165) is 34.3 Å². The predicted octanol–water partition coefficient (Wildman–Crippen LogP) is 6.28. The maximum absolute atomic E-state index is 15.4. The Labute approximate surface area is 329 Å². The Hall–Kier alpha value is -4.74. The molecule has 0 spiro atoms. The molecule has 2 aliphatic rings. The highest BCUT2D eigenvalue weighted by molar-refractivity contribution is 8.00. The summed E-state index contributed by atoms with van der Waals surface area (Å²) < 4.78 is 132. The number of aromatic nitrogens is 7. The van der Waals surface area contributed by atoms with Crippen molar-refractivity contribution >= 4 is 77.7 Å². The number of thioether (sulfide) groups is 1. The second-order valence-electron chi connectivity index (χ2n) is 13.5. The first-order chi connectivity index (χ1) is 26.7. The van der Waals surface area contributed by atoms with Gasteiger partial charge in [0, 0.05) is 31.0 Å². The van der Waals surface area contributed by atoms with Crippen molar-refractivity contribution in [1.29, 1.82) is 0 Å². The van der Waals surface area contributed by atoms with Gasteiger partial charge in [-0.25, -0.2) is 27.2 Å². The van der Waals surface area contributed by atoms with Crippen molar-refractivity contribution in [2.75, 3.05) is 17.2 Å². The molecule has 0 saturated heterocycles. The van der Waals surface area contributed by atoms with E-state index in [1.807, 2.05) is 0 Å². The summed E-state index contributed by atoms with van der Waals surface area (Å²) >= 11 is 8.71. The lowest BCUT2D eigenvalue weighted by Crippen LogP contribution is -2.38. The van der Waals surface area contributed by atoms with Gasteiger partial charge in [0.15, 0.2) is 21.5 Å². The molecule has 4 aromatic heterocycles. The molecule has 1 fully saturated rings. The number of halogens is 8. The molecule has 1 saturated carbocycles. The number of nitrogens with one attached hydrogen (secondary N) is 2. The lowest BCUT2D eigenvalue weighted by atomic mass is 10.0. The van der Waals surface area contributed by atoms with Crippen molar-refractivity contribution in [3.8, 4) is 5.69 Å². The molecule has 57 heavy (non-hydrogen) atoms. The summed E-state index contributed by atoms with van der Waals surface area (Å²) in [6, 6.07) is 3.61. The second kappa shape index (κ2) is 13.4. The Balaban J connectivity index is 1.32. The van der Waals surface area contributed by atoms with Gasteiger partial charge < -0.3 is 5.32 Å². The number of amides is 1. The largest absolute Gasteiger partial charge is 0.435 e. The number of rotatable bonds is 10. The third-order valence-corrected chi connectivity index (χ3v) is 12.4. The van der Waals surface area contributed by atoms with E-state index in [1.54, 1.807) is 6.26 Å². The van der Waals surface area contributed by atoms with Gasteiger partial charge >= 0.3 is 6.18 Å². The number of hydrogen-bond donors (Lipinski definition) is 2. The molecule has 0 bridgehead atoms. The molecule has 300 valence electrons. The number of hydrogen-bond acceptors (Lipinski definition) is 10. The van der Waals surface area contributed by atoms with Crippen molar-refractivity contribution < 1.29 is 43.9 Å². The zero-order valence-corrected chi connectivity index (χ0v) is 32.5. The average molecular weight is 876 g/mol. The Bertz CT molecular complexity index is 2840. The van der Waals surface area contributed by atoms with E-state index in [-0.39, 0.29) is 55.6 Å². The van der Waals surface area contributed by atoms with Gasteiger partial charge in [-0.05, 0) is 48.4 Å². The van der Waals surface area contributed by atoms with E-state index in [9.17, 15) is 40.0 Å². The fraction of sp³-hybridized carbons (Fsp3) is 0.333. The number of carbonyl (C=O) groups excluding carboxylic acids is 1. The smallest absolute Gasteiger partial charge is 0.344 e. The van der Waals surface area contributed by atoms with Gasteiger partial charge in [-0.1, -0.05) is 23.4 Å². The minimum atomic E-state index is -5.10. The highest BCUT2D eigenvalue weighted by atomic mass is 35.5. The van der Waals surface area contributed by atoms with E-state index in [4.69, 9.17) is 11.6 Å². The SMILES string of the molecule is CSc1nc2nc([C@H](Cc3cc(F)cc(F)c3)NC(=O)Cn3nc(C(F)(F)F)c4c3C(F)(F)[C@@H]3C[C@H]43)n(-c3ccc(Cl)c4c(NS(C)(=O)=O)nn(C)c34)c(=O)c2s1. The summed E-state index contributed by atoms with van der Waals surface area (Å²) in [6.45, 7) is -1.14. The van der Waals surface area contributed by atoms with Crippen molar-refractivity contribution in [3.63, 3.8) is 0 Å². The van der Waals surface area contributed by atoms with Crippen LogP contribution in [-0.2, 0) is 46.9 Å². The van der Waals surface area contributed by atoms with Crippen molar-refractivity contribution in [1.82, 2.24) is 39.4 Å². The first-order valence-electron chi connectivity index (χ1n) is 16.6. The van der Waals surface area contributed by atoms with E-state index in [2.05, 4.69) is 30.2 Å². The molecule has 6 aromatic rings. The minimum absolute atomic E-state index is 0.0114. The van der Waals surface area contributed by atoms with E-state index < -0.39 is 93.0 Å². The quantitative estimate of drug-likeness (QED) is 0.119. The van der Waals surface area contributed by atoms with Crippen LogP contribution in [0.3, 0.4) is 0 Å². The number of nitrogens with zero attached hydrogens (tertiary/aromatic N) is 7. The standard InChI is InChI=1S/C33H25ClF7N9O4S3/c1-48-23-19(5-4-17(34)22(23)27(46-48)47-57(3,53)54)50-29(43-28-24(30(50)52)56-31(44-28)55-2)18(8-12-6-13(35)9-14(36)7-12)42-20(51)11-49-26-21(25(45-49)33(39,40)41)15-10-16(15)32(26,37)38/h4-7,9,15-16,18H,8,10-11H2,1-3H3,(H,42,51)(H,46,47)/t15-,16+,18-/m0/s1. The lowest BCUT2D eigenvalue weighted by Gasteiger charge is -2.23. The van der Waals surface area contributed by atoms with Gasteiger partial charge in [0.25, 0.3) is 11.5 Å². The van der Waals surface area contributed by atoms with Gasteiger partial charge in [0.1, 0.15) is 34.4 Å². The molecule has 2 aliphatic carbocycles. The first-order valence-corrected chi connectivity index (χ1v) is 20.9. The molecule has 0 radical (unpaired) electrons. The fourth-order valence-electron chi connectivity index (χ4n) is 7.35. The highest BCUT2D eigenvalue weighted by Gasteiger charge is 2.68. The number of benzene rings is 2. The topological polar surface area (TPSA) is 159 Å². The van der Waals surface area contributed by atoms with Crippen LogP contribution in [0.4, 0.5) is 36.6 Å². The third-order valence-electron chi connectivity index (χ3n) is 9.55. The van der Waals surface area contributed by atoms with Gasteiger partial charge in [-0.3, -0.25) is 28.2 Å². The predicted molar refractivity (Wildman–Crippen MR) is 195 cm³/mol. The monoisotopic (exact) mass is 875 g/mol. The second-order valence-corrected chi connectivity index (χ2v) is 17.7. The molecule has 8 rings (SSSR count). The normalized spacial score (nSPS) is 17.9. The van der Waals surface area contributed by atoms with Crippen molar-refractivity contribution in [3.05, 3.63) is 85.7 Å². The maximum Gasteiger partial charge on any atom is 0.435 e. The molecule has 0 unspecified atom stereocenters. The number of sulfonamides is 1. The Morgan fingerprint density at radius 3 is 2.49 bits per heavy atom. The van der Waals surface area contributed by atoms with E-state index in [1.165, 1.54) is 35.6 Å². The van der Waals surface area contributed by atoms with E-state index >= 15 is 8.78 Å². The number of anilines is 1. The number of fused-ring (bicyclic) bond motifs is 5. The van der Waals surface area contributed by atoms with Crippen LogP contribution in [0.5, 0.6) is 0 Å². The van der Waals surface area contributed by atoms with Gasteiger partial charge in [0.05, 0.1) is 33.9 Å². The number of aryl methyl sites for hydroxylation is 1.